The third-order valence-electron chi connectivity index (χ3n) is 2.70. The average Bonchev–Trinajstić information content (AvgIpc) is 2.31. The highest BCUT2D eigenvalue weighted by Gasteiger charge is 2.02. The van der Waals surface area contributed by atoms with E-state index in [4.69, 9.17) is 5.73 Å². The van der Waals surface area contributed by atoms with Crippen LogP contribution in [0, 0.1) is 0 Å². The summed E-state index contributed by atoms with van der Waals surface area (Å²) in [6.07, 6.45) is 2.50. The van der Waals surface area contributed by atoms with E-state index in [1.807, 2.05) is 0 Å². The molecule has 0 heterocycles. The van der Waals surface area contributed by atoms with Crippen molar-refractivity contribution in [2.45, 2.75) is 33.2 Å². The molecular formula is C13H22N2. The molecule has 2 nitrogen and oxygen atoms in total. The third kappa shape index (κ3) is 3.56. The summed E-state index contributed by atoms with van der Waals surface area (Å²) in [5.41, 5.74) is 8.08. The molecule has 1 aromatic carbocycles. The van der Waals surface area contributed by atoms with Gasteiger partial charge in [-0.25, -0.2) is 0 Å². The number of nitrogens with two attached hydrogens (primary N) is 1. The summed E-state index contributed by atoms with van der Waals surface area (Å²) < 4.78 is 0. The zero-order valence-corrected chi connectivity index (χ0v) is 9.87. The molecule has 0 unspecified atom stereocenters. The Morgan fingerprint density at radius 1 is 1.13 bits per heavy atom. The maximum Gasteiger partial charge on any atom is 0.0366 e. The molecule has 1 aromatic rings. The van der Waals surface area contributed by atoms with Crippen LogP contribution >= 0.6 is 0 Å². The smallest absolute Gasteiger partial charge is 0.0366 e. The largest absolute Gasteiger partial charge is 0.372 e. The average molecular weight is 206 g/mol. The van der Waals surface area contributed by atoms with E-state index in [0.29, 0.717) is 6.54 Å². The second kappa shape index (κ2) is 6.46. The fraction of sp³-hybridized carbons (Fsp3) is 0.538. The molecule has 0 spiro atoms. The molecule has 0 saturated carbocycles. The zero-order chi connectivity index (χ0) is 11.1. The van der Waals surface area contributed by atoms with Crippen LogP contribution in [0.3, 0.4) is 0 Å². The Morgan fingerprint density at radius 2 is 1.80 bits per heavy atom. The lowest BCUT2D eigenvalue weighted by Gasteiger charge is -2.23. The van der Waals surface area contributed by atoms with Gasteiger partial charge in [0.15, 0.2) is 0 Å². The van der Waals surface area contributed by atoms with Crippen molar-refractivity contribution in [2.75, 3.05) is 18.0 Å². The molecule has 0 fully saturated rings. The van der Waals surface area contributed by atoms with Crippen LogP contribution in [-0.4, -0.2) is 13.1 Å². The van der Waals surface area contributed by atoms with Crippen LogP contribution in [0.15, 0.2) is 24.3 Å². The molecule has 84 valence electrons. The van der Waals surface area contributed by atoms with E-state index in [-0.39, 0.29) is 0 Å². The summed E-state index contributed by atoms with van der Waals surface area (Å²) in [6, 6.07) is 8.57. The van der Waals surface area contributed by atoms with Gasteiger partial charge in [-0.05, 0) is 31.0 Å². The Balaban J connectivity index is 2.65. The van der Waals surface area contributed by atoms with Crippen molar-refractivity contribution in [3.05, 3.63) is 29.8 Å². The molecule has 0 aliphatic heterocycles. The molecule has 0 bridgehead atoms. The van der Waals surface area contributed by atoms with Gasteiger partial charge in [0, 0.05) is 25.3 Å². The van der Waals surface area contributed by atoms with Crippen molar-refractivity contribution in [1.29, 1.82) is 0 Å². The van der Waals surface area contributed by atoms with Gasteiger partial charge in [-0.1, -0.05) is 25.5 Å². The normalized spacial score (nSPS) is 10.3. The third-order valence-corrected chi connectivity index (χ3v) is 2.70. The standard InChI is InChI=1S/C13H22N2/c1-3-5-10-15(4-2)13-8-6-12(11-14)7-9-13/h6-9H,3-5,10-11,14H2,1-2H3. The van der Waals surface area contributed by atoms with E-state index < -0.39 is 0 Å². The quantitative estimate of drug-likeness (QED) is 0.775. The highest BCUT2D eigenvalue weighted by Crippen LogP contribution is 2.15. The molecule has 1 rings (SSSR count). The van der Waals surface area contributed by atoms with Gasteiger partial charge in [0.05, 0.1) is 0 Å². The second-order valence-corrected chi connectivity index (χ2v) is 3.80. The van der Waals surface area contributed by atoms with Gasteiger partial charge in [0.1, 0.15) is 0 Å². The molecular weight excluding hydrogens is 184 g/mol. The summed E-state index contributed by atoms with van der Waals surface area (Å²) in [4.78, 5) is 2.41. The van der Waals surface area contributed by atoms with Gasteiger partial charge < -0.3 is 10.6 Å². The van der Waals surface area contributed by atoms with Crippen LogP contribution in [-0.2, 0) is 6.54 Å². The lowest BCUT2D eigenvalue weighted by molar-refractivity contribution is 0.732. The van der Waals surface area contributed by atoms with Crippen LogP contribution in [0.5, 0.6) is 0 Å². The number of hydrogen-bond acceptors (Lipinski definition) is 2. The molecule has 0 radical (unpaired) electrons. The zero-order valence-electron chi connectivity index (χ0n) is 9.87. The van der Waals surface area contributed by atoms with Gasteiger partial charge in [0.2, 0.25) is 0 Å². The number of benzene rings is 1. The van der Waals surface area contributed by atoms with Crippen molar-refractivity contribution in [3.63, 3.8) is 0 Å². The van der Waals surface area contributed by atoms with Crippen molar-refractivity contribution in [3.8, 4) is 0 Å². The first-order valence-corrected chi connectivity index (χ1v) is 5.85. The first-order valence-electron chi connectivity index (χ1n) is 5.85. The second-order valence-electron chi connectivity index (χ2n) is 3.80. The van der Waals surface area contributed by atoms with Gasteiger partial charge in [-0.2, -0.15) is 0 Å². The number of anilines is 1. The first-order chi connectivity index (χ1) is 7.31. The Hall–Kier alpha value is -1.02. The predicted molar refractivity (Wildman–Crippen MR) is 67.1 cm³/mol. The SMILES string of the molecule is CCCCN(CC)c1ccc(CN)cc1. The Kier molecular flexibility index (Phi) is 5.19. The monoisotopic (exact) mass is 206 g/mol. The Bertz CT molecular complexity index is 266. The number of rotatable bonds is 6. The summed E-state index contributed by atoms with van der Waals surface area (Å²) in [7, 11) is 0. The van der Waals surface area contributed by atoms with Gasteiger partial charge in [-0.15, -0.1) is 0 Å². The lowest BCUT2D eigenvalue weighted by atomic mass is 10.2. The molecule has 2 heteroatoms. The number of hydrogen-bond donors (Lipinski definition) is 1. The summed E-state index contributed by atoms with van der Waals surface area (Å²) in [5.74, 6) is 0. The maximum absolute atomic E-state index is 5.58. The Labute approximate surface area is 93.1 Å². The van der Waals surface area contributed by atoms with Crippen molar-refractivity contribution in [1.82, 2.24) is 0 Å². The minimum Gasteiger partial charge on any atom is -0.372 e. The van der Waals surface area contributed by atoms with Crippen LogP contribution in [0.25, 0.3) is 0 Å². The fourth-order valence-corrected chi connectivity index (χ4v) is 1.66. The molecule has 0 saturated heterocycles. The Morgan fingerprint density at radius 3 is 2.27 bits per heavy atom. The maximum atomic E-state index is 5.58. The van der Waals surface area contributed by atoms with E-state index in [2.05, 4.69) is 43.0 Å². The molecule has 0 aliphatic rings. The van der Waals surface area contributed by atoms with Crippen molar-refractivity contribution in [2.24, 2.45) is 5.73 Å². The molecule has 15 heavy (non-hydrogen) atoms. The van der Waals surface area contributed by atoms with Crippen molar-refractivity contribution >= 4 is 5.69 Å². The van der Waals surface area contributed by atoms with Crippen LogP contribution < -0.4 is 10.6 Å². The van der Waals surface area contributed by atoms with Crippen LogP contribution in [0.2, 0.25) is 0 Å². The summed E-state index contributed by atoms with van der Waals surface area (Å²) >= 11 is 0. The first kappa shape index (κ1) is 12.1. The van der Waals surface area contributed by atoms with Crippen LogP contribution in [0.4, 0.5) is 5.69 Å². The molecule has 0 atom stereocenters. The highest BCUT2D eigenvalue weighted by atomic mass is 15.1. The van der Waals surface area contributed by atoms with E-state index in [0.717, 1.165) is 13.1 Å². The number of unbranched alkanes of at least 4 members (excludes halogenated alkanes) is 1. The highest BCUT2D eigenvalue weighted by molar-refractivity contribution is 5.47. The van der Waals surface area contributed by atoms with Gasteiger partial charge in [-0.3, -0.25) is 0 Å². The molecule has 0 aliphatic carbocycles. The topological polar surface area (TPSA) is 29.3 Å². The predicted octanol–water partition coefficient (Wildman–Crippen LogP) is 2.77. The van der Waals surface area contributed by atoms with Crippen molar-refractivity contribution < 1.29 is 0 Å². The van der Waals surface area contributed by atoms with E-state index >= 15 is 0 Å². The van der Waals surface area contributed by atoms with E-state index in [1.165, 1.54) is 24.1 Å². The van der Waals surface area contributed by atoms with E-state index in [1.54, 1.807) is 0 Å². The van der Waals surface area contributed by atoms with Gasteiger partial charge >= 0.3 is 0 Å². The van der Waals surface area contributed by atoms with E-state index in [9.17, 15) is 0 Å². The number of nitrogens with zero attached hydrogens (tertiary/aromatic N) is 1. The summed E-state index contributed by atoms with van der Waals surface area (Å²) in [5, 5.41) is 0. The summed E-state index contributed by atoms with van der Waals surface area (Å²) in [6.45, 7) is 7.27. The minimum atomic E-state index is 0.626. The van der Waals surface area contributed by atoms with Gasteiger partial charge in [0.25, 0.3) is 0 Å². The fourth-order valence-electron chi connectivity index (χ4n) is 1.66. The molecule has 0 amide bonds. The molecule has 2 N–H and O–H groups in total. The molecule has 0 aromatic heterocycles. The minimum absolute atomic E-state index is 0.626. The lowest BCUT2D eigenvalue weighted by Crippen LogP contribution is -2.23. The van der Waals surface area contributed by atoms with Crippen LogP contribution in [0.1, 0.15) is 32.3 Å².